The maximum absolute atomic E-state index is 5.75. The Hall–Kier alpha value is -1.17. The highest BCUT2D eigenvalue weighted by Crippen LogP contribution is 2.29. The van der Waals surface area contributed by atoms with E-state index >= 15 is 0 Å². The SMILES string of the molecule is CCNc1cc(NC2CCCCC2SC)nc(N)n1. The minimum Gasteiger partial charge on any atom is -0.370 e. The van der Waals surface area contributed by atoms with Crippen LogP contribution in [0.1, 0.15) is 32.6 Å². The predicted molar refractivity (Wildman–Crippen MR) is 83.8 cm³/mol. The lowest BCUT2D eigenvalue weighted by Gasteiger charge is -2.31. The van der Waals surface area contributed by atoms with Crippen molar-refractivity contribution in [1.29, 1.82) is 0 Å². The highest BCUT2D eigenvalue weighted by molar-refractivity contribution is 7.99. The summed E-state index contributed by atoms with van der Waals surface area (Å²) in [6, 6.07) is 2.42. The van der Waals surface area contributed by atoms with Crippen LogP contribution in [0.2, 0.25) is 0 Å². The lowest BCUT2D eigenvalue weighted by atomic mass is 9.95. The first-order chi connectivity index (χ1) is 9.22. The number of hydrogen-bond donors (Lipinski definition) is 3. The van der Waals surface area contributed by atoms with Crippen LogP contribution in [0.25, 0.3) is 0 Å². The van der Waals surface area contributed by atoms with Gasteiger partial charge in [0.05, 0.1) is 0 Å². The van der Waals surface area contributed by atoms with Crippen LogP contribution >= 0.6 is 11.8 Å². The first-order valence-corrected chi connectivity index (χ1v) is 8.19. The van der Waals surface area contributed by atoms with Crippen molar-refractivity contribution in [3.05, 3.63) is 6.07 Å². The van der Waals surface area contributed by atoms with Crippen molar-refractivity contribution >= 4 is 29.3 Å². The van der Waals surface area contributed by atoms with Crippen LogP contribution < -0.4 is 16.4 Å². The minimum absolute atomic E-state index is 0.317. The fourth-order valence-corrected chi connectivity index (χ4v) is 3.48. The molecule has 0 amide bonds. The van der Waals surface area contributed by atoms with E-state index in [1.165, 1.54) is 25.7 Å². The third-order valence-corrected chi connectivity index (χ3v) is 4.61. The molecular formula is C13H23N5S. The Kier molecular flexibility index (Phi) is 5.13. The number of thioether (sulfide) groups is 1. The molecule has 1 aliphatic rings. The summed E-state index contributed by atoms with van der Waals surface area (Å²) >= 11 is 1.94. The summed E-state index contributed by atoms with van der Waals surface area (Å²) in [7, 11) is 0. The van der Waals surface area contributed by atoms with Crippen LogP contribution in [0, 0.1) is 0 Å². The Morgan fingerprint density at radius 2 is 2.05 bits per heavy atom. The first-order valence-electron chi connectivity index (χ1n) is 6.90. The number of anilines is 3. The predicted octanol–water partition coefficient (Wildman–Crippen LogP) is 2.58. The van der Waals surface area contributed by atoms with Crippen molar-refractivity contribution in [1.82, 2.24) is 9.97 Å². The highest BCUT2D eigenvalue weighted by atomic mass is 32.2. The van der Waals surface area contributed by atoms with Crippen LogP contribution in [-0.4, -0.2) is 34.1 Å². The third kappa shape index (κ3) is 3.89. The van der Waals surface area contributed by atoms with Gasteiger partial charge in [0.2, 0.25) is 5.95 Å². The Labute approximate surface area is 119 Å². The minimum atomic E-state index is 0.317. The number of rotatable bonds is 5. The van der Waals surface area contributed by atoms with Gasteiger partial charge in [0.1, 0.15) is 11.6 Å². The maximum atomic E-state index is 5.75. The van der Waals surface area contributed by atoms with Crippen molar-refractivity contribution in [2.75, 3.05) is 29.2 Å². The molecule has 0 bridgehead atoms. The van der Waals surface area contributed by atoms with Crippen LogP contribution in [0.5, 0.6) is 0 Å². The standard InChI is InChI=1S/C13H23N5S/c1-3-15-11-8-12(18-13(14)17-11)16-9-6-4-5-7-10(9)19-2/h8-10H,3-7H2,1-2H3,(H4,14,15,16,17,18). The number of hydrogen-bond acceptors (Lipinski definition) is 6. The van der Waals surface area contributed by atoms with E-state index in [0.717, 1.165) is 18.2 Å². The molecule has 0 aromatic carbocycles. The van der Waals surface area contributed by atoms with Crippen LogP contribution in [0.4, 0.5) is 17.6 Å². The number of nitrogens with one attached hydrogen (secondary N) is 2. The molecule has 2 rings (SSSR count). The molecule has 1 aliphatic carbocycles. The molecule has 2 unspecified atom stereocenters. The zero-order valence-corrected chi connectivity index (χ0v) is 12.5. The molecule has 1 heterocycles. The monoisotopic (exact) mass is 281 g/mol. The zero-order valence-electron chi connectivity index (χ0n) is 11.6. The van der Waals surface area contributed by atoms with Crippen molar-refractivity contribution in [2.45, 2.75) is 43.9 Å². The van der Waals surface area contributed by atoms with E-state index in [9.17, 15) is 0 Å². The second-order valence-corrected chi connectivity index (χ2v) is 5.91. The van der Waals surface area contributed by atoms with E-state index in [1.807, 2.05) is 24.8 Å². The van der Waals surface area contributed by atoms with Gasteiger partial charge in [-0.3, -0.25) is 0 Å². The van der Waals surface area contributed by atoms with Gasteiger partial charge in [0.25, 0.3) is 0 Å². The van der Waals surface area contributed by atoms with Gasteiger partial charge in [-0.25, -0.2) is 0 Å². The molecule has 0 saturated heterocycles. The van der Waals surface area contributed by atoms with Gasteiger partial charge >= 0.3 is 0 Å². The molecule has 6 heteroatoms. The molecule has 1 fully saturated rings. The van der Waals surface area contributed by atoms with E-state index in [0.29, 0.717) is 17.2 Å². The van der Waals surface area contributed by atoms with Crippen LogP contribution in [0.3, 0.4) is 0 Å². The number of aromatic nitrogens is 2. The second kappa shape index (κ2) is 6.84. The van der Waals surface area contributed by atoms with Gasteiger partial charge in [0.15, 0.2) is 0 Å². The molecule has 0 aliphatic heterocycles. The summed E-state index contributed by atoms with van der Waals surface area (Å²) in [5.41, 5.74) is 5.75. The second-order valence-electron chi connectivity index (χ2n) is 4.84. The fourth-order valence-electron chi connectivity index (χ4n) is 2.55. The summed E-state index contributed by atoms with van der Waals surface area (Å²) < 4.78 is 0. The first kappa shape index (κ1) is 14.2. The van der Waals surface area contributed by atoms with Crippen molar-refractivity contribution in [3.63, 3.8) is 0 Å². The van der Waals surface area contributed by atoms with Crippen molar-refractivity contribution in [3.8, 4) is 0 Å². The van der Waals surface area contributed by atoms with Gasteiger partial charge in [-0.2, -0.15) is 21.7 Å². The maximum Gasteiger partial charge on any atom is 0.223 e. The largest absolute Gasteiger partial charge is 0.370 e. The molecule has 19 heavy (non-hydrogen) atoms. The molecule has 5 nitrogen and oxygen atoms in total. The van der Waals surface area contributed by atoms with Gasteiger partial charge in [-0.1, -0.05) is 12.8 Å². The van der Waals surface area contributed by atoms with Crippen molar-refractivity contribution in [2.24, 2.45) is 0 Å². The third-order valence-electron chi connectivity index (χ3n) is 3.44. The smallest absolute Gasteiger partial charge is 0.223 e. The Bertz CT molecular complexity index is 412. The van der Waals surface area contributed by atoms with Crippen LogP contribution in [-0.2, 0) is 0 Å². The van der Waals surface area contributed by atoms with Crippen molar-refractivity contribution < 1.29 is 0 Å². The average molecular weight is 281 g/mol. The summed E-state index contributed by atoms with van der Waals surface area (Å²) in [4.78, 5) is 8.45. The Morgan fingerprint density at radius 3 is 2.79 bits per heavy atom. The normalized spacial score (nSPS) is 23.1. The van der Waals surface area contributed by atoms with E-state index in [-0.39, 0.29) is 0 Å². The molecule has 1 aromatic heterocycles. The zero-order chi connectivity index (χ0) is 13.7. The fraction of sp³-hybridized carbons (Fsp3) is 0.692. The lowest BCUT2D eigenvalue weighted by molar-refractivity contribution is 0.474. The summed E-state index contributed by atoms with van der Waals surface area (Å²) in [6.45, 7) is 2.86. The summed E-state index contributed by atoms with van der Waals surface area (Å²) in [5.74, 6) is 1.93. The van der Waals surface area contributed by atoms with Gasteiger partial charge in [0, 0.05) is 23.9 Å². The molecule has 106 valence electrons. The van der Waals surface area contributed by atoms with Gasteiger partial charge in [-0.15, -0.1) is 0 Å². The van der Waals surface area contributed by atoms with E-state index < -0.39 is 0 Å². The number of nitrogens with two attached hydrogens (primary N) is 1. The summed E-state index contributed by atoms with van der Waals surface area (Å²) in [6.07, 6.45) is 7.28. The molecule has 1 aromatic rings. The van der Waals surface area contributed by atoms with Gasteiger partial charge in [-0.05, 0) is 26.0 Å². The number of nitrogens with zero attached hydrogens (tertiary/aromatic N) is 2. The number of nitrogen functional groups attached to an aromatic ring is 1. The molecule has 1 saturated carbocycles. The molecule has 2 atom stereocenters. The van der Waals surface area contributed by atoms with E-state index in [2.05, 4.69) is 26.9 Å². The lowest BCUT2D eigenvalue weighted by Crippen LogP contribution is -2.34. The molecule has 0 spiro atoms. The molecule has 4 N–H and O–H groups in total. The molecular weight excluding hydrogens is 258 g/mol. The van der Waals surface area contributed by atoms with Gasteiger partial charge < -0.3 is 16.4 Å². The van der Waals surface area contributed by atoms with Crippen LogP contribution in [0.15, 0.2) is 6.07 Å². The topological polar surface area (TPSA) is 75.9 Å². The van der Waals surface area contributed by atoms with E-state index in [4.69, 9.17) is 5.73 Å². The molecule has 0 radical (unpaired) electrons. The van der Waals surface area contributed by atoms with E-state index in [1.54, 1.807) is 0 Å². The summed E-state index contributed by atoms with van der Waals surface area (Å²) in [5, 5.41) is 7.36. The quantitative estimate of drug-likeness (QED) is 0.770. The average Bonchev–Trinajstić information content (AvgIpc) is 2.39. The Morgan fingerprint density at radius 1 is 1.32 bits per heavy atom. The highest BCUT2D eigenvalue weighted by Gasteiger charge is 2.24. The Balaban J connectivity index is 2.08.